The maximum atomic E-state index is 4.61. The molecule has 11 heteroatoms. The van der Waals surface area contributed by atoms with Crippen molar-refractivity contribution in [1.82, 2.24) is 34.9 Å². The van der Waals surface area contributed by atoms with Crippen LogP contribution in [0, 0.1) is 24.3 Å². The van der Waals surface area contributed by atoms with E-state index in [0.717, 1.165) is 77.1 Å². The summed E-state index contributed by atoms with van der Waals surface area (Å²) in [6, 6.07) is 69.0. The fourth-order valence-electron chi connectivity index (χ4n) is 7.72. The van der Waals surface area contributed by atoms with Gasteiger partial charge in [0.2, 0.25) is 0 Å². The van der Waals surface area contributed by atoms with Crippen molar-refractivity contribution in [3.63, 3.8) is 0 Å². The number of pyridine rings is 2. The fraction of sp³-hybridized carbons (Fsp3) is 0. The Morgan fingerprint density at radius 1 is 0.407 bits per heavy atom. The molecule has 4 heterocycles. The van der Waals surface area contributed by atoms with E-state index in [9.17, 15) is 0 Å². The first kappa shape index (κ1) is 39.6. The van der Waals surface area contributed by atoms with Crippen LogP contribution in [0.3, 0.4) is 0 Å². The standard InChI is InChI=1S/C48H29B2N7.2Pd/c1-3-15-36(16-4-1)49(38-19-11-13-34(29-38)44-21-7-9-27-51-44)40-23-25-42-43-26-24-41(32-47(43)57(46(42)31-40)48-55-53-33-54-56-48)50(37-17-5-2-6-18-37)39-20-12-14-35(30-39)45-22-8-10-28-52-45;;/h1-28,33H;;/q-4;2*+2. The molecule has 0 atom stereocenters. The van der Waals surface area contributed by atoms with Crippen molar-refractivity contribution in [1.29, 1.82) is 0 Å². The Morgan fingerprint density at radius 3 is 1.29 bits per heavy atom. The number of aromatic nitrogens is 7. The van der Waals surface area contributed by atoms with Crippen LogP contribution < -0.4 is 32.8 Å². The first-order valence-electron chi connectivity index (χ1n) is 18.7. The van der Waals surface area contributed by atoms with E-state index in [2.05, 4.69) is 152 Å². The molecule has 0 aliphatic rings. The van der Waals surface area contributed by atoms with Gasteiger partial charge in [0, 0.05) is 12.4 Å². The Kier molecular flexibility index (Phi) is 11.9. The maximum Gasteiger partial charge on any atom is 2.00 e. The van der Waals surface area contributed by atoms with Crippen LogP contribution in [0.4, 0.5) is 0 Å². The second kappa shape index (κ2) is 17.8. The van der Waals surface area contributed by atoms with Gasteiger partial charge in [0.15, 0.2) is 19.8 Å². The first-order chi connectivity index (χ1) is 28.3. The van der Waals surface area contributed by atoms with Crippen molar-refractivity contribution in [2.75, 3.05) is 0 Å². The van der Waals surface area contributed by atoms with E-state index in [1.54, 1.807) is 0 Å². The zero-order chi connectivity index (χ0) is 38.0. The van der Waals surface area contributed by atoms with Gasteiger partial charge in [-0.25, -0.2) is 0 Å². The van der Waals surface area contributed by atoms with Crippen LogP contribution >= 0.6 is 0 Å². The predicted octanol–water partition coefficient (Wildman–Crippen LogP) is 4.72. The molecular weight excluding hydrogens is 909 g/mol. The minimum atomic E-state index is -0.178. The normalized spacial score (nSPS) is 10.8. The Hall–Kier alpha value is -6.19. The molecule has 0 unspecified atom stereocenters. The Bertz CT molecular complexity index is 2790. The van der Waals surface area contributed by atoms with Gasteiger partial charge in [0.1, 0.15) is 0 Å². The second-order valence-corrected chi connectivity index (χ2v) is 13.7. The van der Waals surface area contributed by atoms with Gasteiger partial charge in [-0.05, 0) is 23.5 Å². The molecule has 10 aromatic rings. The van der Waals surface area contributed by atoms with Crippen molar-refractivity contribution in [3.8, 4) is 28.5 Å². The molecule has 0 radical (unpaired) electrons. The molecule has 7 nitrogen and oxygen atoms in total. The molecule has 0 spiro atoms. The largest absolute Gasteiger partial charge is 2.00 e. The molecule has 0 saturated carbocycles. The van der Waals surface area contributed by atoms with Gasteiger partial charge < -0.3 is 14.5 Å². The fourth-order valence-corrected chi connectivity index (χ4v) is 7.72. The van der Waals surface area contributed by atoms with E-state index in [-0.39, 0.29) is 54.3 Å². The van der Waals surface area contributed by atoms with Gasteiger partial charge in [-0.2, -0.15) is 69.0 Å². The van der Waals surface area contributed by atoms with E-state index in [4.69, 9.17) is 0 Å². The van der Waals surface area contributed by atoms with Crippen LogP contribution in [0.5, 0.6) is 0 Å². The number of rotatable bonds is 9. The summed E-state index contributed by atoms with van der Waals surface area (Å²) in [5, 5.41) is 19.2. The van der Waals surface area contributed by atoms with Crippen molar-refractivity contribution >= 4 is 68.0 Å². The van der Waals surface area contributed by atoms with Crippen LogP contribution in [0.25, 0.3) is 50.3 Å². The predicted molar refractivity (Wildman–Crippen MR) is 229 cm³/mol. The van der Waals surface area contributed by atoms with Crippen molar-refractivity contribution in [3.05, 3.63) is 201 Å². The summed E-state index contributed by atoms with van der Waals surface area (Å²) in [7, 11) is 0. The number of hydrogen-bond acceptors (Lipinski definition) is 6. The monoisotopic (exact) mass is 937 g/mol. The van der Waals surface area contributed by atoms with Crippen LogP contribution in [-0.4, -0.2) is 48.4 Å². The molecule has 4 aromatic heterocycles. The first-order valence-corrected chi connectivity index (χ1v) is 18.7. The molecule has 59 heavy (non-hydrogen) atoms. The molecule has 0 amide bonds. The van der Waals surface area contributed by atoms with Crippen LogP contribution in [0.2, 0.25) is 0 Å². The molecule has 0 N–H and O–H groups in total. The molecule has 0 bridgehead atoms. The van der Waals surface area contributed by atoms with Gasteiger partial charge in [-0.15, -0.1) is 80.1 Å². The summed E-state index contributed by atoms with van der Waals surface area (Å²) < 4.78 is 1.98. The molecule has 0 saturated heterocycles. The Balaban J connectivity index is 0.00000242. The van der Waals surface area contributed by atoms with Crippen LogP contribution in [-0.2, 0) is 40.8 Å². The summed E-state index contributed by atoms with van der Waals surface area (Å²) >= 11 is 0. The number of fused-ring (bicyclic) bond motifs is 3. The Morgan fingerprint density at radius 2 is 0.847 bits per heavy atom. The SMILES string of the molecule is [Pd+2].[Pd+2].[c-]1c(B(c2[c-]c3c(cc2)c2ccc(B(c4[c-]c(-c5ccccn5)ccc4)c4ccccc4)[c-]c2n3-c2nncnn2)c2ccccc2)cccc1-c1ccccn1. The van der Waals surface area contributed by atoms with E-state index in [0.29, 0.717) is 5.95 Å². The number of nitrogens with zero attached hydrogens (tertiary/aromatic N) is 7. The van der Waals surface area contributed by atoms with Gasteiger partial charge in [-0.1, -0.05) is 107 Å². The van der Waals surface area contributed by atoms with Crippen molar-refractivity contribution in [2.45, 2.75) is 0 Å². The van der Waals surface area contributed by atoms with E-state index < -0.39 is 0 Å². The molecule has 10 rings (SSSR count). The summed E-state index contributed by atoms with van der Waals surface area (Å²) in [4.78, 5) is 9.21. The zero-order valence-electron chi connectivity index (χ0n) is 31.2. The number of hydrogen-bond donors (Lipinski definition) is 0. The van der Waals surface area contributed by atoms with E-state index in [1.165, 1.54) is 6.33 Å². The van der Waals surface area contributed by atoms with Crippen LogP contribution in [0.1, 0.15) is 0 Å². The third-order valence-electron chi connectivity index (χ3n) is 10.3. The molecule has 0 fully saturated rings. The van der Waals surface area contributed by atoms with Crippen LogP contribution in [0.15, 0.2) is 176 Å². The topological polar surface area (TPSA) is 82.3 Å². The summed E-state index contributed by atoms with van der Waals surface area (Å²) in [6.07, 6.45) is 4.96. The van der Waals surface area contributed by atoms with Crippen molar-refractivity contribution in [2.24, 2.45) is 0 Å². The maximum absolute atomic E-state index is 4.61. The van der Waals surface area contributed by atoms with Gasteiger partial charge in [0.05, 0.1) is 0 Å². The average molecular weight is 938 g/mol. The molecular formula is C48H29B2N7Pd2. The zero-order valence-corrected chi connectivity index (χ0v) is 34.3. The average Bonchev–Trinajstić information content (AvgIpc) is 3.61. The summed E-state index contributed by atoms with van der Waals surface area (Å²) in [6.45, 7) is -0.356. The van der Waals surface area contributed by atoms with Gasteiger partial charge in [0.25, 0.3) is 5.95 Å². The van der Waals surface area contributed by atoms with Gasteiger partial charge in [-0.3, -0.25) is 0 Å². The van der Waals surface area contributed by atoms with E-state index >= 15 is 0 Å². The third-order valence-corrected chi connectivity index (χ3v) is 10.3. The summed E-state index contributed by atoms with van der Waals surface area (Å²) in [5.41, 5.74) is 11.4. The molecule has 282 valence electrons. The van der Waals surface area contributed by atoms with Crippen molar-refractivity contribution < 1.29 is 40.8 Å². The molecule has 6 aromatic carbocycles. The third kappa shape index (κ3) is 7.87. The minimum absolute atomic E-state index is 0. The molecule has 0 aliphatic heterocycles. The Labute approximate surface area is 370 Å². The minimum Gasteiger partial charge on any atom is -0.326 e. The number of benzene rings is 6. The summed E-state index contributed by atoms with van der Waals surface area (Å²) in [5.74, 6) is 0.333. The smallest absolute Gasteiger partial charge is 0.326 e. The quantitative estimate of drug-likeness (QED) is 0.154. The molecule has 0 aliphatic carbocycles. The van der Waals surface area contributed by atoms with E-state index in [1.807, 2.05) is 77.6 Å². The second-order valence-electron chi connectivity index (χ2n) is 13.7. The van der Waals surface area contributed by atoms with Gasteiger partial charge >= 0.3 is 40.8 Å².